The van der Waals surface area contributed by atoms with Crippen molar-refractivity contribution in [2.24, 2.45) is 11.7 Å². The molecule has 1 aliphatic carbocycles. The second kappa shape index (κ2) is 5.64. The van der Waals surface area contributed by atoms with E-state index in [1.165, 1.54) is 12.8 Å². The lowest BCUT2D eigenvalue weighted by Crippen LogP contribution is -2.43. The van der Waals surface area contributed by atoms with Crippen LogP contribution in [0.5, 0.6) is 0 Å². The molecule has 2 N–H and O–H groups in total. The second-order valence-corrected chi connectivity index (χ2v) is 4.91. The highest BCUT2D eigenvalue weighted by Gasteiger charge is 2.26. The summed E-state index contributed by atoms with van der Waals surface area (Å²) in [7, 11) is 0. The van der Waals surface area contributed by atoms with E-state index in [-0.39, 0.29) is 11.9 Å². The zero-order valence-corrected chi connectivity index (χ0v) is 9.86. The molecule has 0 aromatic carbocycles. The molecule has 4 heteroatoms. The van der Waals surface area contributed by atoms with Gasteiger partial charge in [0, 0.05) is 25.6 Å². The van der Waals surface area contributed by atoms with Gasteiger partial charge in [0.15, 0.2) is 0 Å². The van der Waals surface area contributed by atoms with Gasteiger partial charge in [0.05, 0.1) is 13.2 Å². The Bertz CT molecular complexity index is 239. The number of carbonyl (C=O) groups excluding carboxylic acids is 1. The molecule has 0 aromatic rings. The molecule has 1 saturated carbocycles. The predicted molar refractivity (Wildman–Crippen MR) is 61.9 cm³/mol. The second-order valence-electron chi connectivity index (χ2n) is 4.91. The van der Waals surface area contributed by atoms with Gasteiger partial charge in [0.1, 0.15) is 0 Å². The molecule has 0 bridgehead atoms. The minimum Gasteiger partial charge on any atom is -0.378 e. The van der Waals surface area contributed by atoms with Crippen molar-refractivity contribution in [3.63, 3.8) is 0 Å². The van der Waals surface area contributed by atoms with Gasteiger partial charge in [-0.05, 0) is 18.8 Å². The van der Waals surface area contributed by atoms with Crippen LogP contribution < -0.4 is 5.73 Å². The first-order valence-corrected chi connectivity index (χ1v) is 6.38. The lowest BCUT2D eigenvalue weighted by atomic mass is 9.82. The SMILES string of the molecule is NC1CCCCC1CC(=O)N1CCOCC1. The Morgan fingerprint density at radius 1 is 1.25 bits per heavy atom. The summed E-state index contributed by atoms with van der Waals surface area (Å²) in [6.07, 6.45) is 5.30. The maximum absolute atomic E-state index is 12.0. The standard InChI is InChI=1S/C12H22N2O2/c13-11-4-2-1-3-10(11)9-12(15)14-5-7-16-8-6-14/h10-11H,1-9,13H2. The van der Waals surface area contributed by atoms with Crippen LogP contribution in [0.4, 0.5) is 0 Å². The fraction of sp³-hybridized carbons (Fsp3) is 0.917. The van der Waals surface area contributed by atoms with Crippen LogP contribution in [-0.2, 0) is 9.53 Å². The van der Waals surface area contributed by atoms with Gasteiger partial charge >= 0.3 is 0 Å². The maximum Gasteiger partial charge on any atom is 0.223 e. The highest BCUT2D eigenvalue weighted by molar-refractivity contribution is 5.76. The van der Waals surface area contributed by atoms with Crippen LogP contribution in [0.25, 0.3) is 0 Å². The summed E-state index contributed by atoms with van der Waals surface area (Å²) in [4.78, 5) is 13.9. The van der Waals surface area contributed by atoms with Crippen LogP contribution in [0.15, 0.2) is 0 Å². The molecule has 0 radical (unpaired) electrons. The summed E-state index contributed by atoms with van der Waals surface area (Å²) in [5, 5.41) is 0. The van der Waals surface area contributed by atoms with E-state index in [1.54, 1.807) is 0 Å². The van der Waals surface area contributed by atoms with Gasteiger partial charge in [0.2, 0.25) is 5.91 Å². The van der Waals surface area contributed by atoms with Gasteiger partial charge < -0.3 is 15.4 Å². The van der Waals surface area contributed by atoms with Gasteiger partial charge in [-0.25, -0.2) is 0 Å². The molecule has 1 saturated heterocycles. The van der Waals surface area contributed by atoms with E-state index in [0.717, 1.165) is 25.9 Å². The van der Waals surface area contributed by atoms with Gasteiger partial charge in [-0.2, -0.15) is 0 Å². The van der Waals surface area contributed by atoms with Gasteiger partial charge in [-0.1, -0.05) is 12.8 Å². The molecule has 1 aliphatic heterocycles. The summed E-state index contributed by atoms with van der Waals surface area (Å²) in [5.74, 6) is 0.676. The number of ether oxygens (including phenoxy) is 1. The Labute approximate surface area is 97.1 Å². The first kappa shape index (κ1) is 11.9. The summed E-state index contributed by atoms with van der Waals surface area (Å²) < 4.78 is 5.24. The average Bonchev–Trinajstić information content (AvgIpc) is 2.33. The quantitative estimate of drug-likeness (QED) is 0.756. The van der Waals surface area contributed by atoms with Crippen molar-refractivity contribution in [1.29, 1.82) is 0 Å². The normalized spacial score (nSPS) is 31.4. The third-order valence-electron chi connectivity index (χ3n) is 3.77. The Kier molecular flexibility index (Phi) is 4.18. The number of nitrogens with zero attached hydrogens (tertiary/aromatic N) is 1. The number of carbonyl (C=O) groups is 1. The number of morpholine rings is 1. The molecule has 0 spiro atoms. The van der Waals surface area contributed by atoms with Gasteiger partial charge in [0.25, 0.3) is 0 Å². The Morgan fingerprint density at radius 3 is 2.62 bits per heavy atom. The van der Waals surface area contributed by atoms with E-state index in [2.05, 4.69) is 0 Å². The minimum atomic E-state index is 0.235. The summed E-state index contributed by atoms with van der Waals surface area (Å²) >= 11 is 0. The van der Waals surface area contributed by atoms with E-state index in [9.17, 15) is 4.79 Å². The van der Waals surface area contributed by atoms with Crippen molar-refractivity contribution < 1.29 is 9.53 Å². The van der Waals surface area contributed by atoms with Crippen molar-refractivity contribution in [3.8, 4) is 0 Å². The van der Waals surface area contributed by atoms with Crippen molar-refractivity contribution in [3.05, 3.63) is 0 Å². The number of nitrogens with two attached hydrogens (primary N) is 1. The van der Waals surface area contributed by atoms with E-state index >= 15 is 0 Å². The smallest absolute Gasteiger partial charge is 0.223 e. The summed E-state index contributed by atoms with van der Waals surface area (Å²) in [6.45, 7) is 2.87. The predicted octanol–water partition coefficient (Wildman–Crippen LogP) is 0.753. The third-order valence-corrected chi connectivity index (χ3v) is 3.77. The molecule has 2 aliphatic rings. The van der Waals surface area contributed by atoms with Crippen LogP contribution in [-0.4, -0.2) is 43.2 Å². The van der Waals surface area contributed by atoms with Crippen LogP contribution in [0.1, 0.15) is 32.1 Å². The molecule has 2 rings (SSSR count). The minimum absolute atomic E-state index is 0.235. The molecule has 4 nitrogen and oxygen atoms in total. The lowest BCUT2D eigenvalue weighted by Gasteiger charge is -2.32. The van der Waals surface area contributed by atoms with Crippen molar-refractivity contribution in [1.82, 2.24) is 4.90 Å². The average molecular weight is 226 g/mol. The molecular weight excluding hydrogens is 204 g/mol. The lowest BCUT2D eigenvalue weighted by molar-refractivity contribution is -0.136. The molecule has 1 heterocycles. The molecule has 2 atom stereocenters. The molecule has 1 amide bonds. The zero-order chi connectivity index (χ0) is 11.4. The summed E-state index contributed by atoms with van der Waals surface area (Å²) in [6, 6.07) is 0.235. The molecule has 2 unspecified atom stereocenters. The van der Waals surface area contributed by atoms with Crippen LogP contribution in [0.3, 0.4) is 0 Å². The molecular formula is C12H22N2O2. The van der Waals surface area contributed by atoms with Crippen molar-refractivity contribution in [2.45, 2.75) is 38.1 Å². The summed E-state index contributed by atoms with van der Waals surface area (Å²) in [5.41, 5.74) is 6.06. The highest BCUT2D eigenvalue weighted by atomic mass is 16.5. The number of hydrogen-bond acceptors (Lipinski definition) is 3. The number of hydrogen-bond donors (Lipinski definition) is 1. The van der Waals surface area contributed by atoms with Crippen LogP contribution in [0.2, 0.25) is 0 Å². The molecule has 16 heavy (non-hydrogen) atoms. The fourth-order valence-corrected chi connectivity index (χ4v) is 2.66. The molecule has 2 fully saturated rings. The van der Waals surface area contributed by atoms with Gasteiger partial charge in [-0.3, -0.25) is 4.79 Å². The maximum atomic E-state index is 12.0. The van der Waals surface area contributed by atoms with Crippen molar-refractivity contribution in [2.75, 3.05) is 26.3 Å². The van der Waals surface area contributed by atoms with Crippen molar-refractivity contribution >= 4 is 5.91 Å². The first-order chi connectivity index (χ1) is 7.77. The Hall–Kier alpha value is -0.610. The Balaban J connectivity index is 1.80. The van der Waals surface area contributed by atoms with Crippen LogP contribution >= 0.6 is 0 Å². The molecule has 92 valence electrons. The van der Waals surface area contributed by atoms with Gasteiger partial charge in [-0.15, -0.1) is 0 Å². The third kappa shape index (κ3) is 2.95. The van der Waals surface area contributed by atoms with E-state index in [0.29, 0.717) is 25.6 Å². The number of rotatable bonds is 2. The Morgan fingerprint density at radius 2 is 1.94 bits per heavy atom. The first-order valence-electron chi connectivity index (χ1n) is 6.38. The van der Waals surface area contributed by atoms with E-state index in [4.69, 9.17) is 10.5 Å². The highest BCUT2D eigenvalue weighted by Crippen LogP contribution is 2.26. The largest absolute Gasteiger partial charge is 0.378 e. The fourth-order valence-electron chi connectivity index (χ4n) is 2.66. The van der Waals surface area contributed by atoms with E-state index < -0.39 is 0 Å². The van der Waals surface area contributed by atoms with Crippen LogP contribution in [0, 0.1) is 5.92 Å². The monoisotopic (exact) mass is 226 g/mol. The molecule has 0 aromatic heterocycles. The number of amides is 1. The zero-order valence-electron chi connectivity index (χ0n) is 9.86. The topological polar surface area (TPSA) is 55.6 Å². The van der Waals surface area contributed by atoms with E-state index in [1.807, 2.05) is 4.90 Å².